The lowest BCUT2D eigenvalue weighted by atomic mass is 9.96. The van der Waals surface area contributed by atoms with Gasteiger partial charge in [-0.3, -0.25) is 0 Å². The molecular formula is C14H29N3O2S. The maximum absolute atomic E-state index is 12.6. The van der Waals surface area contributed by atoms with E-state index in [1.807, 2.05) is 0 Å². The topological polar surface area (TPSA) is 52.7 Å². The Morgan fingerprint density at radius 3 is 2.35 bits per heavy atom. The fourth-order valence-electron chi connectivity index (χ4n) is 3.39. The molecule has 0 aromatic rings. The Morgan fingerprint density at radius 2 is 1.75 bits per heavy atom. The lowest BCUT2D eigenvalue weighted by Gasteiger charge is -2.35. The first-order valence-electron chi connectivity index (χ1n) is 7.92. The Balaban J connectivity index is 1.93. The molecule has 5 nitrogen and oxygen atoms in total. The summed E-state index contributed by atoms with van der Waals surface area (Å²) in [5.74, 6) is 0.447. The first-order chi connectivity index (χ1) is 9.51. The van der Waals surface area contributed by atoms with Gasteiger partial charge in [0.15, 0.2) is 0 Å². The molecule has 1 unspecified atom stereocenters. The third-order valence-electron chi connectivity index (χ3n) is 4.76. The predicted molar refractivity (Wildman–Crippen MR) is 81.8 cm³/mol. The zero-order chi connectivity index (χ0) is 14.6. The molecule has 0 aromatic heterocycles. The molecule has 0 radical (unpaired) electrons. The van der Waals surface area contributed by atoms with Crippen molar-refractivity contribution >= 4 is 10.2 Å². The van der Waals surface area contributed by atoms with Gasteiger partial charge in [-0.1, -0.05) is 19.3 Å². The second kappa shape index (κ2) is 7.20. The predicted octanol–water partition coefficient (Wildman–Crippen LogP) is 1.43. The average molecular weight is 303 g/mol. The minimum atomic E-state index is -3.30. The van der Waals surface area contributed by atoms with Crippen LogP contribution in [0.1, 0.15) is 44.9 Å². The monoisotopic (exact) mass is 303 g/mol. The van der Waals surface area contributed by atoms with Crippen LogP contribution in [0.25, 0.3) is 0 Å². The van der Waals surface area contributed by atoms with Crippen molar-refractivity contribution in [3.05, 3.63) is 0 Å². The van der Waals surface area contributed by atoms with E-state index < -0.39 is 10.2 Å². The number of nitrogens with one attached hydrogen (secondary N) is 1. The van der Waals surface area contributed by atoms with E-state index in [0.29, 0.717) is 12.5 Å². The van der Waals surface area contributed by atoms with Gasteiger partial charge in [-0.25, -0.2) is 0 Å². The summed E-state index contributed by atoms with van der Waals surface area (Å²) in [6, 6.07) is 0.195. The summed E-state index contributed by atoms with van der Waals surface area (Å²) in [5, 5.41) is 3.35. The van der Waals surface area contributed by atoms with Crippen molar-refractivity contribution in [2.45, 2.75) is 51.0 Å². The molecule has 1 saturated heterocycles. The summed E-state index contributed by atoms with van der Waals surface area (Å²) >= 11 is 0. The maximum Gasteiger partial charge on any atom is 0.281 e. The van der Waals surface area contributed by atoms with Crippen molar-refractivity contribution in [2.75, 3.05) is 33.7 Å². The molecule has 2 rings (SSSR count). The van der Waals surface area contributed by atoms with E-state index in [2.05, 4.69) is 5.32 Å². The van der Waals surface area contributed by atoms with Crippen LogP contribution in [0.2, 0.25) is 0 Å². The van der Waals surface area contributed by atoms with E-state index in [9.17, 15) is 8.42 Å². The van der Waals surface area contributed by atoms with Gasteiger partial charge in [0.25, 0.3) is 10.2 Å². The zero-order valence-corrected chi connectivity index (χ0v) is 13.7. The third kappa shape index (κ3) is 3.93. The van der Waals surface area contributed by atoms with Crippen LogP contribution in [-0.2, 0) is 10.2 Å². The minimum Gasteiger partial charge on any atom is -0.316 e. The number of hydrogen-bond acceptors (Lipinski definition) is 3. The Morgan fingerprint density at radius 1 is 1.05 bits per heavy atom. The van der Waals surface area contributed by atoms with Gasteiger partial charge in [0.1, 0.15) is 0 Å². The van der Waals surface area contributed by atoms with Crippen LogP contribution in [0.4, 0.5) is 0 Å². The zero-order valence-electron chi connectivity index (χ0n) is 12.8. The number of hydrogen-bond donors (Lipinski definition) is 1. The lowest BCUT2D eigenvalue weighted by molar-refractivity contribution is 0.255. The van der Waals surface area contributed by atoms with E-state index >= 15 is 0 Å². The third-order valence-corrected chi connectivity index (χ3v) is 6.72. The van der Waals surface area contributed by atoms with Crippen LogP contribution in [0.3, 0.4) is 0 Å². The summed E-state index contributed by atoms with van der Waals surface area (Å²) in [5.41, 5.74) is 0. The molecule has 2 fully saturated rings. The maximum atomic E-state index is 12.6. The number of nitrogens with zero attached hydrogens (tertiary/aromatic N) is 2. The van der Waals surface area contributed by atoms with Gasteiger partial charge in [0.05, 0.1) is 0 Å². The van der Waals surface area contributed by atoms with Gasteiger partial charge >= 0.3 is 0 Å². The molecule has 0 spiro atoms. The first-order valence-corrected chi connectivity index (χ1v) is 9.31. The quantitative estimate of drug-likeness (QED) is 0.836. The first kappa shape index (κ1) is 16.2. The molecule has 0 amide bonds. The van der Waals surface area contributed by atoms with Crippen molar-refractivity contribution in [1.82, 2.24) is 13.9 Å². The molecule has 1 atom stereocenters. The molecule has 0 aromatic carbocycles. The van der Waals surface area contributed by atoms with E-state index in [0.717, 1.165) is 51.6 Å². The summed E-state index contributed by atoms with van der Waals surface area (Å²) in [4.78, 5) is 0. The molecular weight excluding hydrogens is 274 g/mol. The molecule has 20 heavy (non-hydrogen) atoms. The van der Waals surface area contributed by atoms with E-state index in [1.54, 1.807) is 22.7 Å². The Kier molecular flexibility index (Phi) is 5.84. The van der Waals surface area contributed by atoms with Crippen molar-refractivity contribution < 1.29 is 8.42 Å². The molecule has 1 aliphatic carbocycles. The van der Waals surface area contributed by atoms with Crippen molar-refractivity contribution in [3.63, 3.8) is 0 Å². The normalized spacial score (nSPS) is 26.3. The van der Waals surface area contributed by atoms with E-state index in [4.69, 9.17) is 0 Å². The highest BCUT2D eigenvalue weighted by molar-refractivity contribution is 7.86. The summed E-state index contributed by atoms with van der Waals surface area (Å²) in [6.07, 6.45) is 7.84. The molecule has 2 aliphatic rings. The minimum absolute atomic E-state index is 0.195. The Bertz CT molecular complexity index is 387. The lowest BCUT2D eigenvalue weighted by Crippen LogP contribution is -2.48. The molecule has 0 bridgehead atoms. The van der Waals surface area contributed by atoms with Crippen LogP contribution in [-0.4, -0.2) is 56.8 Å². The highest BCUT2D eigenvalue weighted by atomic mass is 32.2. The largest absolute Gasteiger partial charge is 0.316 e. The van der Waals surface area contributed by atoms with E-state index in [-0.39, 0.29) is 6.04 Å². The molecule has 1 heterocycles. The van der Waals surface area contributed by atoms with Crippen LogP contribution in [0.5, 0.6) is 0 Å². The summed E-state index contributed by atoms with van der Waals surface area (Å²) in [7, 11) is 0.177. The fourth-order valence-corrected chi connectivity index (χ4v) is 4.82. The molecule has 6 heteroatoms. The molecule has 1 aliphatic heterocycles. The van der Waals surface area contributed by atoms with Crippen molar-refractivity contribution in [2.24, 2.45) is 5.92 Å². The van der Waals surface area contributed by atoms with Gasteiger partial charge in [0, 0.05) is 26.7 Å². The Hall–Kier alpha value is -0.170. The molecule has 118 valence electrons. The standard InChI is InChI=1S/C14H29N3O2S/c1-16(12-13-7-6-10-15-11-13)20(18,19)17(2)14-8-4-3-5-9-14/h13-15H,3-12H2,1-2H3. The fraction of sp³-hybridized carbons (Fsp3) is 1.00. The highest BCUT2D eigenvalue weighted by Crippen LogP contribution is 2.25. The van der Waals surface area contributed by atoms with Crippen molar-refractivity contribution in [3.8, 4) is 0 Å². The van der Waals surface area contributed by atoms with Gasteiger partial charge in [-0.15, -0.1) is 0 Å². The van der Waals surface area contributed by atoms with Gasteiger partial charge in [0.2, 0.25) is 0 Å². The second-order valence-electron chi connectivity index (χ2n) is 6.31. The SMILES string of the molecule is CN(CC1CCCNC1)S(=O)(=O)N(C)C1CCCCC1. The van der Waals surface area contributed by atoms with E-state index in [1.165, 1.54) is 6.42 Å². The molecule has 1 N–H and O–H groups in total. The van der Waals surface area contributed by atoms with Crippen LogP contribution in [0.15, 0.2) is 0 Å². The summed E-state index contributed by atoms with van der Waals surface area (Å²) in [6.45, 7) is 2.63. The smallest absolute Gasteiger partial charge is 0.281 e. The summed E-state index contributed by atoms with van der Waals surface area (Å²) < 4.78 is 28.4. The Labute approximate surface area is 123 Å². The highest BCUT2D eigenvalue weighted by Gasteiger charge is 2.32. The van der Waals surface area contributed by atoms with Crippen LogP contribution < -0.4 is 5.32 Å². The average Bonchev–Trinajstić information content (AvgIpc) is 2.48. The van der Waals surface area contributed by atoms with Gasteiger partial charge in [-0.05, 0) is 44.7 Å². The number of rotatable bonds is 5. The van der Waals surface area contributed by atoms with Gasteiger partial charge in [-0.2, -0.15) is 17.0 Å². The second-order valence-corrected chi connectivity index (χ2v) is 8.40. The van der Waals surface area contributed by atoms with Gasteiger partial charge < -0.3 is 5.32 Å². The van der Waals surface area contributed by atoms with Crippen molar-refractivity contribution in [1.29, 1.82) is 0 Å². The van der Waals surface area contributed by atoms with Crippen LogP contribution >= 0.6 is 0 Å². The van der Waals surface area contributed by atoms with Crippen LogP contribution in [0, 0.1) is 5.92 Å². The number of piperidine rings is 1. The molecule has 1 saturated carbocycles.